The Morgan fingerprint density at radius 3 is 1.84 bits per heavy atom. The fourth-order valence-electron chi connectivity index (χ4n) is 3.37. The molecule has 0 radical (unpaired) electrons. The van der Waals surface area contributed by atoms with E-state index in [1.807, 2.05) is 0 Å². The molecule has 0 saturated heterocycles. The van der Waals surface area contributed by atoms with Gasteiger partial charge in [0.05, 0.1) is 12.7 Å². The minimum absolute atomic E-state index is 0.0611. The molecule has 3 N–H and O–H groups in total. The monoisotopic (exact) mass is 455 g/mol. The summed E-state index contributed by atoms with van der Waals surface area (Å²) < 4.78 is 12.1. The first-order valence-electron chi connectivity index (χ1n) is 13.3. The third kappa shape index (κ3) is 23.9. The maximum absolute atomic E-state index is 9.29. The minimum Gasteiger partial charge on any atom is -0.394 e. The predicted octanol–water partition coefficient (Wildman–Crippen LogP) is 5.90. The van der Waals surface area contributed by atoms with Gasteiger partial charge in [-0.3, -0.25) is 0 Å². The summed E-state index contributed by atoms with van der Waals surface area (Å²) >= 11 is 0. The average Bonchev–Trinajstić information content (AvgIpc) is 2.80. The van der Waals surface area contributed by atoms with Gasteiger partial charge < -0.3 is 25.0 Å². The van der Waals surface area contributed by atoms with Crippen LogP contribution in [0.1, 0.15) is 104 Å². The summed E-state index contributed by atoms with van der Waals surface area (Å²) in [6, 6.07) is 0. The lowest BCUT2D eigenvalue weighted by atomic mass is 10.1. The second kappa shape index (κ2) is 26.5. The largest absolute Gasteiger partial charge is 0.394 e. The van der Waals surface area contributed by atoms with E-state index in [0.29, 0.717) is 6.54 Å². The topological polar surface area (TPSA) is 71.0 Å². The Balaban J connectivity index is 3.89. The Kier molecular flexibility index (Phi) is 25.9. The summed E-state index contributed by atoms with van der Waals surface area (Å²) in [7, 11) is 0. The number of nitrogens with one attached hydrogen (secondary N) is 1. The van der Waals surface area contributed by atoms with E-state index >= 15 is 0 Å². The molecular weight excluding hydrogens is 402 g/mol. The first kappa shape index (κ1) is 31.3. The van der Waals surface area contributed by atoms with Crippen molar-refractivity contribution in [1.29, 1.82) is 0 Å². The van der Waals surface area contributed by atoms with Crippen LogP contribution in [0.3, 0.4) is 0 Å². The highest BCUT2D eigenvalue weighted by molar-refractivity contribution is 4.80. The van der Waals surface area contributed by atoms with Gasteiger partial charge in [-0.15, -0.1) is 0 Å². The Bertz CT molecular complexity index is 390. The summed E-state index contributed by atoms with van der Waals surface area (Å²) in [4.78, 5) is 0. The van der Waals surface area contributed by atoms with Gasteiger partial charge in [0.1, 0.15) is 0 Å². The van der Waals surface area contributed by atoms with E-state index in [2.05, 4.69) is 43.5 Å². The fourth-order valence-corrected chi connectivity index (χ4v) is 3.37. The Morgan fingerprint density at radius 1 is 0.719 bits per heavy atom. The van der Waals surface area contributed by atoms with E-state index in [1.165, 1.54) is 32.1 Å². The van der Waals surface area contributed by atoms with Crippen molar-refractivity contribution in [3.05, 3.63) is 24.3 Å². The maximum atomic E-state index is 9.29. The van der Waals surface area contributed by atoms with Crippen LogP contribution in [0, 0.1) is 0 Å². The van der Waals surface area contributed by atoms with E-state index in [-0.39, 0.29) is 12.9 Å². The number of aliphatic hydroxyl groups is 2. The van der Waals surface area contributed by atoms with Crippen LogP contribution in [-0.4, -0.2) is 55.5 Å². The third-order valence-corrected chi connectivity index (χ3v) is 5.33. The lowest BCUT2D eigenvalue weighted by Crippen LogP contribution is -2.29. The Labute approximate surface area is 198 Å². The zero-order valence-electron chi connectivity index (χ0n) is 21.1. The van der Waals surface area contributed by atoms with Crippen LogP contribution in [0.25, 0.3) is 0 Å². The number of aliphatic hydroxyl groups excluding tert-OH is 2. The molecule has 5 heteroatoms. The molecule has 0 aromatic carbocycles. The zero-order chi connectivity index (χ0) is 23.5. The maximum Gasteiger partial charge on any atom is 0.157 e. The number of hydrogen-bond acceptors (Lipinski definition) is 5. The van der Waals surface area contributed by atoms with Crippen LogP contribution < -0.4 is 5.32 Å². The van der Waals surface area contributed by atoms with Crippen LogP contribution in [0.2, 0.25) is 0 Å². The van der Waals surface area contributed by atoms with Gasteiger partial charge in [0.15, 0.2) is 6.29 Å². The Morgan fingerprint density at radius 2 is 1.28 bits per heavy atom. The number of unbranched alkanes of at least 4 members (excludes halogenated alkanes) is 8. The zero-order valence-corrected chi connectivity index (χ0v) is 21.1. The summed E-state index contributed by atoms with van der Waals surface area (Å²) in [6.07, 6.45) is 24.2. The first-order valence-corrected chi connectivity index (χ1v) is 13.3. The molecule has 0 amide bonds. The van der Waals surface area contributed by atoms with Gasteiger partial charge in [-0.25, -0.2) is 0 Å². The molecule has 0 aliphatic rings. The predicted molar refractivity (Wildman–Crippen MR) is 136 cm³/mol. The summed E-state index contributed by atoms with van der Waals surface area (Å²) in [5, 5.41) is 21.3. The quantitative estimate of drug-likeness (QED) is 0.0908. The van der Waals surface area contributed by atoms with Crippen molar-refractivity contribution >= 4 is 0 Å². The molecule has 0 saturated carbocycles. The van der Waals surface area contributed by atoms with E-state index in [1.54, 1.807) is 0 Å². The summed E-state index contributed by atoms with van der Waals surface area (Å²) in [5.74, 6) is 0. The van der Waals surface area contributed by atoms with Gasteiger partial charge in [0.25, 0.3) is 0 Å². The second-order valence-corrected chi connectivity index (χ2v) is 8.52. The number of allylic oxidation sites excluding steroid dienone is 4. The molecule has 0 aromatic rings. The highest BCUT2D eigenvalue weighted by atomic mass is 16.7. The number of hydrogen-bond donors (Lipinski definition) is 3. The van der Waals surface area contributed by atoms with Crippen molar-refractivity contribution < 1.29 is 19.7 Å². The molecule has 1 atom stereocenters. The molecular formula is C27H53NO4. The first-order chi connectivity index (χ1) is 15.7. The minimum atomic E-state index is -0.646. The van der Waals surface area contributed by atoms with Crippen molar-refractivity contribution in [3.63, 3.8) is 0 Å². The summed E-state index contributed by atoms with van der Waals surface area (Å²) in [5.41, 5.74) is 0. The van der Waals surface area contributed by atoms with Gasteiger partial charge in [0, 0.05) is 19.8 Å². The molecule has 0 bridgehead atoms. The molecule has 0 heterocycles. The lowest BCUT2D eigenvalue weighted by Gasteiger charge is -2.19. The van der Waals surface area contributed by atoms with Crippen LogP contribution in [-0.2, 0) is 9.47 Å². The standard InChI is InChI=1S/C27H53NO4/c1-3-5-7-9-14-18-22-31-27(32-23-19-15-10-8-6-4-2)20-16-12-11-13-17-21-28-24-26(30)25-29/h5-8,26-30H,3-4,9-25H2,1-2H3/b7-5-,8-6-. The molecule has 190 valence electrons. The van der Waals surface area contributed by atoms with E-state index < -0.39 is 6.10 Å². The van der Waals surface area contributed by atoms with Gasteiger partial charge in [-0.05, 0) is 77.2 Å². The van der Waals surface area contributed by atoms with Crippen LogP contribution in [0.5, 0.6) is 0 Å². The average molecular weight is 456 g/mol. The molecule has 32 heavy (non-hydrogen) atoms. The Hall–Kier alpha value is -0.720. The van der Waals surface area contributed by atoms with Gasteiger partial charge in [-0.2, -0.15) is 0 Å². The number of rotatable bonds is 25. The van der Waals surface area contributed by atoms with Crippen LogP contribution >= 0.6 is 0 Å². The molecule has 0 spiro atoms. The molecule has 1 unspecified atom stereocenters. The highest BCUT2D eigenvalue weighted by Crippen LogP contribution is 2.13. The van der Waals surface area contributed by atoms with Crippen LogP contribution in [0.15, 0.2) is 24.3 Å². The normalized spacial score (nSPS) is 13.2. The van der Waals surface area contributed by atoms with Crippen LogP contribution in [0.4, 0.5) is 0 Å². The van der Waals surface area contributed by atoms with Crippen molar-refractivity contribution in [1.82, 2.24) is 5.32 Å². The smallest absolute Gasteiger partial charge is 0.157 e. The van der Waals surface area contributed by atoms with Crippen molar-refractivity contribution in [2.45, 2.75) is 116 Å². The van der Waals surface area contributed by atoms with E-state index in [9.17, 15) is 5.11 Å². The molecule has 0 rings (SSSR count). The van der Waals surface area contributed by atoms with E-state index in [0.717, 1.165) is 77.5 Å². The third-order valence-electron chi connectivity index (χ3n) is 5.33. The molecule has 0 fully saturated rings. The summed E-state index contributed by atoms with van der Waals surface area (Å²) in [6.45, 7) is 7.10. The second-order valence-electron chi connectivity index (χ2n) is 8.52. The fraction of sp³-hybridized carbons (Fsp3) is 0.852. The molecule has 0 aliphatic heterocycles. The van der Waals surface area contributed by atoms with Crippen molar-refractivity contribution in [2.75, 3.05) is 32.9 Å². The highest BCUT2D eigenvalue weighted by Gasteiger charge is 2.09. The van der Waals surface area contributed by atoms with Gasteiger partial charge in [0.2, 0.25) is 0 Å². The number of ether oxygens (including phenoxy) is 2. The molecule has 5 nitrogen and oxygen atoms in total. The lowest BCUT2D eigenvalue weighted by molar-refractivity contribution is -0.147. The van der Waals surface area contributed by atoms with Gasteiger partial charge in [-0.1, -0.05) is 57.4 Å². The van der Waals surface area contributed by atoms with Crippen molar-refractivity contribution in [2.24, 2.45) is 0 Å². The van der Waals surface area contributed by atoms with Crippen molar-refractivity contribution in [3.8, 4) is 0 Å². The van der Waals surface area contributed by atoms with E-state index in [4.69, 9.17) is 14.6 Å². The molecule has 0 aromatic heterocycles. The van der Waals surface area contributed by atoms with Gasteiger partial charge >= 0.3 is 0 Å². The molecule has 0 aliphatic carbocycles. The SMILES string of the molecule is CC/C=C\CCCCOC(CCCCCCCNCC(O)CO)OCCCC/C=C\CC.